The Morgan fingerprint density at radius 3 is 2.50 bits per heavy atom. The third-order valence-electron chi connectivity index (χ3n) is 6.76. The van der Waals surface area contributed by atoms with Crippen molar-refractivity contribution in [3.63, 3.8) is 0 Å². The Balaban J connectivity index is 1.34. The highest BCUT2D eigenvalue weighted by atomic mass is 19.1. The Labute approximate surface area is 177 Å². The van der Waals surface area contributed by atoms with Crippen molar-refractivity contribution >= 4 is 11.8 Å². The van der Waals surface area contributed by atoms with Gasteiger partial charge in [-0.25, -0.2) is 4.39 Å². The number of nitrogens with one attached hydrogen (secondary N) is 1. The molecule has 7 heteroatoms. The van der Waals surface area contributed by atoms with Gasteiger partial charge in [0.15, 0.2) is 11.6 Å². The average Bonchev–Trinajstić information content (AvgIpc) is 3.50. The summed E-state index contributed by atoms with van der Waals surface area (Å²) in [4.78, 5) is 29.7. The predicted molar refractivity (Wildman–Crippen MR) is 112 cm³/mol. The lowest BCUT2D eigenvalue weighted by Crippen LogP contribution is -2.46. The zero-order valence-electron chi connectivity index (χ0n) is 17.5. The summed E-state index contributed by atoms with van der Waals surface area (Å²) in [6.45, 7) is 3.25. The second-order valence-corrected chi connectivity index (χ2v) is 9.05. The first-order valence-electron chi connectivity index (χ1n) is 11.3. The van der Waals surface area contributed by atoms with E-state index in [1.807, 2.05) is 4.90 Å². The van der Waals surface area contributed by atoms with Crippen LogP contribution in [0.3, 0.4) is 0 Å². The van der Waals surface area contributed by atoms with Crippen LogP contribution in [0.4, 0.5) is 4.39 Å². The minimum atomic E-state index is -0.796. The van der Waals surface area contributed by atoms with Gasteiger partial charge >= 0.3 is 0 Å². The van der Waals surface area contributed by atoms with Gasteiger partial charge in [0.25, 0.3) is 5.91 Å². The number of hydrogen-bond acceptors (Lipinski definition) is 4. The Morgan fingerprint density at radius 1 is 1.07 bits per heavy atom. The van der Waals surface area contributed by atoms with E-state index in [1.54, 1.807) is 0 Å². The summed E-state index contributed by atoms with van der Waals surface area (Å²) in [7, 11) is 0. The quantitative estimate of drug-likeness (QED) is 0.716. The number of nitrogens with zero attached hydrogens (tertiary/aromatic N) is 2. The molecule has 2 heterocycles. The Kier molecular flexibility index (Phi) is 6.56. The first kappa shape index (κ1) is 21.1. The Hall–Kier alpha value is -2.15. The van der Waals surface area contributed by atoms with Crippen LogP contribution in [0.25, 0.3) is 0 Å². The minimum Gasteiger partial charge on any atom is -0.505 e. The van der Waals surface area contributed by atoms with Crippen LogP contribution in [0, 0.1) is 11.7 Å². The molecule has 0 spiro atoms. The molecular formula is C23H32FN3O3. The maximum Gasteiger partial charge on any atom is 0.251 e. The number of phenols is 1. The lowest BCUT2D eigenvalue weighted by molar-refractivity contribution is -0.133. The van der Waals surface area contributed by atoms with Gasteiger partial charge in [0.1, 0.15) is 0 Å². The number of hydrogen-bond donors (Lipinski definition) is 2. The number of carbonyl (C=O) groups excluding carboxylic acids is 2. The van der Waals surface area contributed by atoms with Crippen LogP contribution in [-0.2, 0) is 4.79 Å². The van der Waals surface area contributed by atoms with Gasteiger partial charge in [-0.05, 0) is 69.1 Å². The average molecular weight is 418 g/mol. The van der Waals surface area contributed by atoms with Crippen molar-refractivity contribution in [3.05, 3.63) is 29.6 Å². The van der Waals surface area contributed by atoms with Gasteiger partial charge in [-0.2, -0.15) is 0 Å². The molecule has 1 saturated carbocycles. The number of amides is 2. The molecule has 0 aromatic heterocycles. The predicted octanol–water partition coefficient (Wildman–Crippen LogP) is 2.91. The fourth-order valence-corrected chi connectivity index (χ4v) is 4.78. The standard InChI is InChI=1S/C23H32FN3O3/c24-20-12-17(6-9-21(20)28)23(30)25-14-19-8-7-18(27(19)15-16-4-5-16)13-22(29)26-10-2-1-3-11-26/h6,9,12,16,18-19,28H,1-5,7-8,10-11,13-15H2,(H,25,30)/t18-,19+/m1/s1. The van der Waals surface area contributed by atoms with E-state index in [1.165, 1.54) is 31.4 Å². The molecule has 164 valence electrons. The number of likely N-dealkylation sites (tertiary alicyclic amines) is 2. The van der Waals surface area contributed by atoms with Gasteiger partial charge in [0.05, 0.1) is 0 Å². The van der Waals surface area contributed by atoms with E-state index in [0.29, 0.717) is 18.9 Å². The number of halogens is 1. The van der Waals surface area contributed by atoms with Crippen LogP contribution < -0.4 is 5.32 Å². The van der Waals surface area contributed by atoms with Crippen LogP contribution in [0.5, 0.6) is 5.75 Å². The highest BCUT2D eigenvalue weighted by molar-refractivity contribution is 5.94. The van der Waals surface area contributed by atoms with Gasteiger partial charge in [0, 0.05) is 50.2 Å². The lowest BCUT2D eigenvalue weighted by Gasteiger charge is -2.33. The third-order valence-corrected chi connectivity index (χ3v) is 6.76. The molecule has 1 aliphatic carbocycles. The summed E-state index contributed by atoms with van der Waals surface area (Å²) < 4.78 is 13.5. The molecule has 2 atom stereocenters. The maximum absolute atomic E-state index is 13.5. The molecule has 0 radical (unpaired) electrons. The van der Waals surface area contributed by atoms with Crippen LogP contribution in [0.2, 0.25) is 0 Å². The van der Waals surface area contributed by atoms with Gasteiger partial charge in [-0.15, -0.1) is 0 Å². The van der Waals surface area contributed by atoms with Crippen molar-refractivity contribution in [1.82, 2.24) is 15.1 Å². The molecule has 0 bridgehead atoms. The molecule has 2 aliphatic heterocycles. The number of carbonyl (C=O) groups is 2. The van der Waals surface area contributed by atoms with Gasteiger partial charge in [0.2, 0.25) is 5.91 Å². The number of rotatable bonds is 7. The van der Waals surface area contributed by atoms with Crippen LogP contribution in [0.1, 0.15) is 61.7 Å². The first-order chi connectivity index (χ1) is 14.5. The molecule has 2 saturated heterocycles. The van der Waals surface area contributed by atoms with Crippen LogP contribution >= 0.6 is 0 Å². The fourth-order valence-electron chi connectivity index (χ4n) is 4.78. The summed E-state index contributed by atoms with van der Waals surface area (Å²) in [6, 6.07) is 4.12. The molecule has 0 unspecified atom stereocenters. The van der Waals surface area contributed by atoms with Crippen molar-refractivity contribution in [2.45, 2.75) is 63.5 Å². The van der Waals surface area contributed by atoms with Gasteiger partial charge < -0.3 is 15.3 Å². The minimum absolute atomic E-state index is 0.203. The second kappa shape index (κ2) is 9.33. The van der Waals surface area contributed by atoms with Crippen molar-refractivity contribution in [1.29, 1.82) is 0 Å². The summed E-state index contributed by atoms with van der Waals surface area (Å²) in [6.07, 6.45) is 8.41. The molecule has 1 aromatic rings. The molecule has 2 amide bonds. The SMILES string of the molecule is O=C(NC[C@@H]1CC[C@H](CC(=O)N2CCCCC2)N1CC1CC1)c1ccc(O)c(F)c1. The summed E-state index contributed by atoms with van der Waals surface area (Å²) >= 11 is 0. The summed E-state index contributed by atoms with van der Waals surface area (Å²) in [5.74, 6) is -0.618. The molecule has 3 aliphatic rings. The molecule has 2 N–H and O–H groups in total. The third kappa shape index (κ3) is 5.12. The molecule has 1 aromatic carbocycles. The van der Waals surface area contributed by atoms with Crippen molar-refractivity contribution in [2.24, 2.45) is 5.92 Å². The highest BCUT2D eigenvalue weighted by Crippen LogP contribution is 2.35. The Bertz CT molecular complexity index is 777. The van der Waals surface area contributed by atoms with Crippen molar-refractivity contribution in [2.75, 3.05) is 26.2 Å². The van der Waals surface area contributed by atoms with E-state index in [0.717, 1.165) is 51.4 Å². The van der Waals surface area contributed by atoms with E-state index in [9.17, 15) is 19.1 Å². The molecule has 6 nitrogen and oxygen atoms in total. The first-order valence-corrected chi connectivity index (χ1v) is 11.3. The van der Waals surface area contributed by atoms with E-state index < -0.39 is 11.6 Å². The normalized spacial score (nSPS) is 24.8. The van der Waals surface area contributed by atoms with Crippen molar-refractivity contribution in [3.8, 4) is 5.75 Å². The summed E-state index contributed by atoms with van der Waals surface area (Å²) in [5.41, 5.74) is 0.203. The van der Waals surface area contributed by atoms with Crippen LogP contribution in [-0.4, -0.2) is 65.0 Å². The molecule has 4 rings (SSSR count). The number of benzene rings is 1. The molecule has 3 fully saturated rings. The number of phenolic OH excluding ortho intramolecular Hbond substituents is 1. The molecule has 30 heavy (non-hydrogen) atoms. The van der Waals surface area contributed by atoms with E-state index >= 15 is 0 Å². The molecular weight excluding hydrogens is 385 g/mol. The zero-order chi connectivity index (χ0) is 21.1. The van der Waals surface area contributed by atoms with Crippen LogP contribution in [0.15, 0.2) is 18.2 Å². The van der Waals surface area contributed by atoms with E-state index in [2.05, 4.69) is 10.2 Å². The fraction of sp³-hybridized carbons (Fsp3) is 0.652. The zero-order valence-corrected chi connectivity index (χ0v) is 17.5. The number of aromatic hydroxyl groups is 1. The largest absolute Gasteiger partial charge is 0.505 e. The summed E-state index contributed by atoms with van der Waals surface area (Å²) in [5, 5.41) is 12.2. The highest BCUT2D eigenvalue weighted by Gasteiger charge is 2.38. The van der Waals surface area contributed by atoms with E-state index in [-0.39, 0.29) is 29.5 Å². The van der Waals surface area contributed by atoms with Gasteiger partial charge in [-0.1, -0.05) is 0 Å². The van der Waals surface area contributed by atoms with E-state index in [4.69, 9.17) is 0 Å². The Morgan fingerprint density at radius 2 is 1.80 bits per heavy atom. The lowest BCUT2D eigenvalue weighted by atomic mass is 10.1. The van der Waals surface area contributed by atoms with Gasteiger partial charge in [-0.3, -0.25) is 14.5 Å². The van der Waals surface area contributed by atoms with Crippen molar-refractivity contribution < 1.29 is 19.1 Å². The monoisotopic (exact) mass is 417 g/mol. The smallest absolute Gasteiger partial charge is 0.251 e. The topological polar surface area (TPSA) is 72.9 Å². The number of piperidine rings is 1. The second-order valence-electron chi connectivity index (χ2n) is 9.05. The maximum atomic E-state index is 13.5.